The van der Waals surface area contributed by atoms with Crippen molar-refractivity contribution in [3.8, 4) is 22.6 Å². The number of benzene rings is 3. The third-order valence-corrected chi connectivity index (χ3v) is 5.98. The number of hydrogen-bond acceptors (Lipinski definition) is 2. The highest BCUT2D eigenvalue weighted by Crippen LogP contribution is 2.35. The Kier molecular flexibility index (Phi) is 9.12. The summed E-state index contributed by atoms with van der Waals surface area (Å²) in [6.07, 6.45) is 8.13. The fourth-order valence-corrected chi connectivity index (χ4v) is 4.23. The van der Waals surface area contributed by atoms with Gasteiger partial charge in [0, 0.05) is 0 Å². The zero-order valence-corrected chi connectivity index (χ0v) is 19.6. The molecule has 31 heavy (non-hydrogen) atoms. The summed E-state index contributed by atoms with van der Waals surface area (Å²) in [4.78, 5) is 0. The first kappa shape index (κ1) is 23.5. The lowest BCUT2D eigenvalue weighted by molar-refractivity contribution is 0.304. The second-order valence-corrected chi connectivity index (χ2v) is 8.70. The maximum absolute atomic E-state index is 9.85. The molecular weight excluding hydrogens is 427 g/mol. The van der Waals surface area contributed by atoms with E-state index in [4.69, 9.17) is 27.9 Å². The highest BCUT2D eigenvalue weighted by atomic mass is 35.5. The van der Waals surface area contributed by atoms with Gasteiger partial charge in [0.05, 0.1) is 16.7 Å². The Balaban J connectivity index is 1.75. The van der Waals surface area contributed by atoms with Crippen LogP contribution in [0.1, 0.15) is 56.6 Å². The molecule has 1 N–H and O–H groups in total. The standard InChI is InChI=1S/C27H30Cl2O2/c1-2-3-4-5-6-10-15-31-23-14-13-22(24(19-23)21-11-8-7-9-12-21)16-20-17-25(28)27(30)26(29)18-20/h7-9,11-14,17-19,30H,2-6,10,15-16H2,1H3. The number of ether oxygens (including phenoxy) is 1. The van der Waals surface area contributed by atoms with Crippen molar-refractivity contribution < 1.29 is 9.84 Å². The number of phenols is 1. The highest BCUT2D eigenvalue weighted by molar-refractivity contribution is 6.37. The van der Waals surface area contributed by atoms with Crippen LogP contribution in [0.25, 0.3) is 11.1 Å². The van der Waals surface area contributed by atoms with Crippen LogP contribution in [0, 0.1) is 0 Å². The number of halogens is 2. The van der Waals surface area contributed by atoms with Gasteiger partial charge in [0.1, 0.15) is 5.75 Å². The predicted molar refractivity (Wildman–Crippen MR) is 132 cm³/mol. The summed E-state index contributed by atoms with van der Waals surface area (Å²) in [5.74, 6) is 0.812. The molecule has 3 rings (SSSR count). The molecule has 4 heteroatoms. The SMILES string of the molecule is CCCCCCCCOc1ccc(Cc2cc(Cl)c(O)c(Cl)c2)c(-c2ccccc2)c1. The van der Waals surface area contributed by atoms with Crippen LogP contribution in [0.3, 0.4) is 0 Å². The minimum absolute atomic E-state index is 0.0752. The Morgan fingerprint density at radius 2 is 1.48 bits per heavy atom. The van der Waals surface area contributed by atoms with Crippen molar-refractivity contribution in [2.75, 3.05) is 6.61 Å². The lowest BCUT2D eigenvalue weighted by Gasteiger charge is -2.14. The van der Waals surface area contributed by atoms with Crippen molar-refractivity contribution in [2.45, 2.75) is 51.9 Å². The van der Waals surface area contributed by atoms with E-state index in [-0.39, 0.29) is 15.8 Å². The molecule has 0 bridgehead atoms. The minimum atomic E-state index is -0.0752. The van der Waals surface area contributed by atoms with Gasteiger partial charge in [0.2, 0.25) is 0 Å². The fourth-order valence-electron chi connectivity index (χ4n) is 3.70. The molecule has 0 aliphatic carbocycles. The van der Waals surface area contributed by atoms with Gasteiger partial charge in [0.15, 0.2) is 5.75 Å². The Labute approximate surface area is 195 Å². The Morgan fingerprint density at radius 1 is 0.806 bits per heavy atom. The van der Waals surface area contributed by atoms with Gasteiger partial charge in [0.25, 0.3) is 0 Å². The molecule has 0 aliphatic heterocycles. The molecule has 0 aliphatic rings. The van der Waals surface area contributed by atoms with Gasteiger partial charge >= 0.3 is 0 Å². The first-order chi connectivity index (χ1) is 15.1. The van der Waals surface area contributed by atoms with Crippen molar-refractivity contribution in [3.05, 3.63) is 81.8 Å². The van der Waals surface area contributed by atoms with Crippen molar-refractivity contribution in [3.63, 3.8) is 0 Å². The first-order valence-corrected chi connectivity index (χ1v) is 11.8. The van der Waals surface area contributed by atoms with Gasteiger partial charge in [-0.05, 0) is 59.4 Å². The van der Waals surface area contributed by atoms with Crippen molar-refractivity contribution in [1.29, 1.82) is 0 Å². The summed E-state index contributed by atoms with van der Waals surface area (Å²) in [5.41, 5.74) is 4.36. The van der Waals surface area contributed by atoms with E-state index in [0.29, 0.717) is 6.42 Å². The summed E-state index contributed by atoms with van der Waals surface area (Å²) in [6.45, 7) is 2.98. The average molecular weight is 457 g/mol. The molecule has 2 nitrogen and oxygen atoms in total. The zero-order valence-electron chi connectivity index (χ0n) is 18.0. The van der Waals surface area contributed by atoms with Crippen molar-refractivity contribution in [2.24, 2.45) is 0 Å². The number of hydrogen-bond donors (Lipinski definition) is 1. The van der Waals surface area contributed by atoms with E-state index < -0.39 is 0 Å². The third kappa shape index (κ3) is 6.92. The van der Waals surface area contributed by atoms with E-state index in [2.05, 4.69) is 31.2 Å². The highest BCUT2D eigenvalue weighted by Gasteiger charge is 2.12. The number of rotatable bonds is 11. The fraction of sp³-hybridized carbons (Fsp3) is 0.333. The maximum atomic E-state index is 9.85. The first-order valence-electron chi connectivity index (χ1n) is 11.1. The van der Waals surface area contributed by atoms with Crippen LogP contribution in [-0.2, 0) is 6.42 Å². The Bertz CT molecular complexity index is 947. The molecule has 0 unspecified atom stereocenters. The van der Waals surface area contributed by atoms with E-state index in [1.807, 2.05) is 24.3 Å². The second-order valence-electron chi connectivity index (χ2n) is 7.89. The van der Waals surface area contributed by atoms with Gasteiger partial charge in [-0.1, -0.05) is 98.6 Å². The van der Waals surface area contributed by atoms with Crippen molar-refractivity contribution in [1.82, 2.24) is 0 Å². The van der Waals surface area contributed by atoms with Crippen LogP contribution in [0.15, 0.2) is 60.7 Å². The molecular formula is C27H30Cl2O2. The Hall–Kier alpha value is -2.16. The van der Waals surface area contributed by atoms with Gasteiger partial charge in [-0.25, -0.2) is 0 Å². The van der Waals surface area contributed by atoms with Crippen LogP contribution >= 0.6 is 23.2 Å². The van der Waals surface area contributed by atoms with E-state index in [9.17, 15) is 5.11 Å². The monoisotopic (exact) mass is 456 g/mol. The van der Waals surface area contributed by atoms with Crippen LogP contribution in [0.5, 0.6) is 11.5 Å². The molecule has 3 aromatic rings. The van der Waals surface area contributed by atoms with Gasteiger partial charge in [-0.2, -0.15) is 0 Å². The van der Waals surface area contributed by atoms with E-state index in [1.54, 1.807) is 12.1 Å². The minimum Gasteiger partial charge on any atom is -0.505 e. The van der Waals surface area contributed by atoms with E-state index in [0.717, 1.165) is 41.0 Å². The number of unbranched alkanes of at least 4 members (excludes halogenated alkanes) is 5. The molecule has 0 radical (unpaired) electrons. The molecule has 0 atom stereocenters. The van der Waals surface area contributed by atoms with Crippen LogP contribution in [-0.4, -0.2) is 11.7 Å². The quantitative estimate of drug-likeness (QED) is 0.292. The Morgan fingerprint density at radius 3 is 2.19 bits per heavy atom. The molecule has 0 heterocycles. The lowest BCUT2D eigenvalue weighted by Crippen LogP contribution is -1.99. The molecule has 164 valence electrons. The molecule has 0 spiro atoms. The third-order valence-electron chi connectivity index (χ3n) is 5.40. The molecule has 3 aromatic carbocycles. The summed E-state index contributed by atoms with van der Waals surface area (Å²) in [5, 5.41) is 10.4. The summed E-state index contributed by atoms with van der Waals surface area (Å²) in [6, 6.07) is 20.1. The summed E-state index contributed by atoms with van der Waals surface area (Å²) in [7, 11) is 0. The average Bonchev–Trinajstić information content (AvgIpc) is 2.78. The largest absolute Gasteiger partial charge is 0.505 e. The topological polar surface area (TPSA) is 29.5 Å². The van der Waals surface area contributed by atoms with Crippen molar-refractivity contribution >= 4 is 23.2 Å². The van der Waals surface area contributed by atoms with Crippen LogP contribution < -0.4 is 4.74 Å². The molecule has 0 fully saturated rings. The summed E-state index contributed by atoms with van der Waals surface area (Å²) >= 11 is 12.2. The van der Waals surface area contributed by atoms with E-state index in [1.165, 1.54) is 32.1 Å². The van der Waals surface area contributed by atoms with E-state index >= 15 is 0 Å². The number of phenolic OH excluding ortho intramolecular Hbond substituents is 1. The van der Waals surface area contributed by atoms with Gasteiger partial charge in [-0.3, -0.25) is 0 Å². The van der Waals surface area contributed by atoms with Crippen LogP contribution in [0.4, 0.5) is 0 Å². The molecule has 0 saturated carbocycles. The molecule has 0 amide bonds. The predicted octanol–water partition coefficient (Wildman–Crippen LogP) is 8.70. The van der Waals surface area contributed by atoms with Gasteiger partial charge < -0.3 is 9.84 Å². The lowest BCUT2D eigenvalue weighted by atomic mass is 9.94. The molecule has 0 saturated heterocycles. The van der Waals surface area contributed by atoms with Crippen LogP contribution in [0.2, 0.25) is 10.0 Å². The zero-order chi connectivity index (χ0) is 22.1. The summed E-state index contributed by atoms with van der Waals surface area (Å²) < 4.78 is 6.06. The number of aromatic hydroxyl groups is 1. The second kappa shape index (κ2) is 12.0. The smallest absolute Gasteiger partial charge is 0.152 e. The normalized spacial score (nSPS) is 10.9. The maximum Gasteiger partial charge on any atom is 0.152 e. The molecule has 0 aromatic heterocycles. The van der Waals surface area contributed by atoms with Gasteiger partial charge in [-0.15, -0.1) is 0 Å².